The van der Waals surface area contributed by atoms with E-state index in [1.54, 1.807) is 67.1 Å². The summed E-state index contributed by atoms with van der Waals surface area (Å²) in [6.07, 6.45) is 4.01. The Hall–Kier alpha value is -5.30. The summed E-state index contributed by atoms with van der Waals surface area (Å²) in [5, 5.41) is 14.3. The fourth-order valence-corrected chi connectivity index (χ4v) is 7.17. The van der Waals surface area contributed by atoms with Gasteiger partial charge in [0.15, 0.2) is 0 Å². The van der Waals surface area contributed by atoms with Crippen molar-refractivity contribution in [2.24, 2.45) is 14.1 Å². The third kappa shape index (κ3) is 6.90. The van der Waals surface area contributed by atoms with Gasteiger partial charge in [0.1, 0.15) is 11.6 Å². The van der Waals surface area contributed by atoms with E-state index in [1.165, 1.54) is 34.7 Å². The highest BCUT2D eigenvalue weighted by molar-refractivity contribution is 6.12. The van der Waals surface area contributed by atoms with Crippen molar-refractivity contribution >= 4 is 23.2 Å². The van der Waals surface area contributed by atoms with Gasteiger partial charge in [-0.15, -0.1) is 0 Å². The van der Waals surface area contributed by atoms with Crippen molar-refractivity contribution in [1.82, 2.24) is 24.1 Å². The van der Waals surface area contributed by atoms with E-state index in [-0.39, 0.29) is 30.2 Å². The summed E-state index contributed by atoms with van der Waals surface area (Å²) in [6, 6.07) is 20.3. The van der Waals surface area contributed by atoms with Gasteiger partial charge in [-0.05, 0) is 66.1 Å². The number of aromatic nitrogens is 3. The Balaban J connectivity index is 1.30. The third-order valence-corrected chi connectivity index (χ3v) is 9.81. The molecule has 3 aromatic carbocycles. The van der Waals surface area contributed by atoms with Gasteiger partial charge in [0.05, 0.1) is 43.0 Å². The number of amides is 2. The maximum Gasteiger partial charge on any atom is 0.264 e. The van der Waals surface area contributed by atoms with Crippen LogP contribution in [-0.4, -0.2) is 87.1 Å². The second-order valence-corrected chi connectivity index (χ2v) is 13.1. The van der Waals surface area contributed by atoms with Crippen molar-refractivity contribution < 1.29 is 28.6 Å². The number of carbonyl (C=O) groups is 2. The van der Waals surface area contributed by atoms with Crippen LogP contribution in [0.25, 0.3) is 11.3 Å². The number of ether oxygens (including phenoxy) is 2. The molecule has 7 rings (SSSR count). The van der Waals surface area contributed by atoms with Gasteiger partial charge in [-0.1, -0.05) is 24.3 Å². The first kappa shape index (κ1) is 34.2. The van der Waals surface area contributed by atoms with Crippen molar-refractivity contribution in [2.75, 3.05) is 44.9 Å². The monoisotopic (exact) mass is 692 g/mol. The molecule has 11 nitrogen and oxygen atoms in total. The number of carbonyl (C=O) groups excluding carboxylic acids is 2. The van der Waals surface area contributed by atoms with Crippen molar-refractivity contribution in [2.45, 2.75) is 25.6 Å². The number of hydrogen-bond acceptors (Lipinski definition) is 7. The van der Waals surface area contributed by atoms with Crippen LogP contribution in [0.5, 0.6) is 5.75 Å². The van der Waals surface area contributed by atoms with Crippen molar-refractivity contribution in [3.05, 3.63) is 119 Å². The smallest absolute Gasteiger partial charge is 0.264 e. The molecule has 264 valence electrons. The largest absolute Gasteiger partial charge is 0.508 e. The van der Waals surface area contributed by atoms with Gasteiger partial charge in [-0.3, -0.25) is 24.1 Å². The zero-order valence-corrected chi connectivity index (χ0v) is 29.0. The van der Waals surface area contributed by atoms with Crippen molar-refractivity contribution in [3.63, 3.8) is 0 Å². The number of phenolic OH excluding ortho intramolecular Hbond substituents is 1. The lowest BCUT2D eigenvalue weighted by Gasteiger charge is -2.40. The van der Waals surface area contributed by atoms with Gasteiger partial charge in [-0.2, -0.15) is 5.10 Å². The van der Waals surface area contributed by atoms with Crippen LogP contribution in [-0.2, 0) is 43.1 Å². The van der Waals surface area contributed by atoms with Gasteiger partial charge in [0.25, 0.3) is 11.8 Å². The van der Waals surface area contributed by atoms with Crippen LogP contribution in [0.2, 0.25) is 0 Å². The summed E-state index contributed by atoms with van der Waals surface area (Å²) < 4.78 is 29.7. The Labute approximate surface area is 296 Å². The topological polar surface area (TPSA) is 105 Å². The molecule has 1 saturated heterocycles. The SMILES string of the molecule is COCc1c(C(=O)N(c2ccc(O)cc2)c2cnn(C)c2)cc(-c2cc(F)ccc2C(=O)N2Cc3ccccc3C[C@H]2CN2CCOCC2)n1C. The van der Waals surface area contributed by atoms with Crippen LogP contribution >= 0.6 is 0 Å². The van der Waals surface area contributed by atoms with Crippen LogP contribution in [0.1, 0.15) is 37.5 Å². The van der Waals surface area contributed by atoms with Gasteiger partial charge >= 0.3 is 0 Å². The molecule has 0 aliphatic carbocycles. The van der Waals surface area contributed by atoms with Gasteiger partial charge < -0.3 is 24.0 Å². The number of nitrogens with zero attached hydrogens (tertiary/aromatic N) is 6. The molecule has 0 unspecified atom stereocenters. The number of rotatable bonds is 9. The number of phenols is 1. The second-order valence-electron chi connectivity index (χ2n) is 13.1. The molecule has 2 aromatic heterocycles. The number of benzene rings is 3. The quantitative estimate of drug-likeness (QED) is 0.224. The molecule has 1 atom stereocenters. The van der Waals surface area contributed by atoms with Gasteiger partial charge in [0, 0.05) is 82.1 Å². The average molecular weight is 693 g/mol. The van der Waals surface area contributed by atoms with E-state index in [4.69, 9.17) is 9.47 Å². The first-order chi connectivity index (χ1) is 24.7. The van der Waals surface area contributed by atoms with E-state index in [1.807, 2.05) is 17.0 Å². The maximum absolute atomic E-state index is 15.2. The molecular weight excluding hydrogens is 651 g/mol. The number of morpholine rings is 1. The zero-order valence-electron chi connectivity index (χ0n) is 29.0. The Morgan fingerprint density at radius 3 is 2.43 bits per heavy atom. The van der Waals surface area contributed by atoms with E-state index < -0.39 is 5.82 Å². The summed E-state index contributed by atoms with van der Waals surface area (Å²) in [6.45, 7) is 4.11. The molecule has 5 aromatic rings. The second kappa shape index (κ2) is 14.5. The minimum absolute atomic E-state index is 0.0621. The first-order valence-electron chi connectivity index (χ1n) is 17.0. The predicted octanol–water partition coefficient (Wildman–Crippen LogP) is 5.29. The van der Waals surface area contributed by atoms with Crippen LogP contribution < -0.4 is 4.90 Å². The lowest BCUT2D eigenvalue weighted by Crippen LogP contribution is -2.52. The molecule has 2 amide bonds. The number of halogens is 1. The summed E-state index contributed by atoms with van der Waals surface area (Å²) in [7, 11) is 5.08. The van der Waals surface area contributed by atoms with Gasteiger partial charge in [-0.25, -0.2) is 4.39 Å². The van der Waals surface area contributed by atoms with E-state index in [9.17, 15) is 14.7 Å². The van der Waals surface area contributed by atoms with Crippen molar-refractivity contribution in [3.8, 4) is 17.0 Å². The van der Waals surface area contributed by atoms with E-state index in [0.717, 1.165) is 18.7 Å². The van der Waals surface area contributed by atoms with E-state index in [0.29, 0.717) is 72.2 Å². The molecule has 1 N–H and O–H groups in total. The summed E-state index contributed by atoms with van der Waals surface area (Å²) in [5.74, 6) is -1.03. The molecule has 0 radical (unpaired) electrons. The standard InChI is InChI=1S/C39H41FN6O5/c1-42-23-31(21-41-42)46(29-9-11-32(47)12-10-29)39(49)35-20-36(43(2)37(35)25-50-3)34-19-28(40)8-13-33(34)38(48)45-22-27-7-5-4-6-26(27)18-30(45)24-44-14-16-51-17-15-44/h4-13,19-21,23,30,47H,14-18,22,24-25H2,1-3H3/t30-/m0/s1. The molecule has 51 heavy (non-hydrogen) atoms. The predicted molar refractivity (Wildman–Crippen MR) is 190 cm³/mol. The summed E-state index contributed by atoms with van der Waals surface area (Å²) >= 11 is 0. The number of aryl methyl sites for hydroxylation is 1. The molecule has 2 aliphatic rings. The molecular formula is C39H41FN6O5. The third-order valence-electron chi connectivity index (χ3n) is 9.81. The summed E-state index contributed by atoms with van der Waals surface area (Å²) in [5.41, 5.74) is 5.41. The number of hydrogen-bond donors (Lipinski definition) is 1. The highest BCUT2D eigenvalue weighted by Gasteiger charge is 2.34. The minimum atomic E-state index is -0.501. The van der Waals surface area contributed by atoms with E-state index in [2.05, 4.69) is 22.1 Å². The molecule has 0 bridgehead atoms. The van der Waals surface area contributed by atoms with Crippen LogP contribution in [0.3, 0.4) is 0 Å². The fraction of sp³-hybridized carbons (Fsp3) is 0.308. The number of methoxy groups -OCH3 is 1. The van der Waals surface area contributed by atoms with Crippen LogP contribution in [0.4, 0.5) is 15.8 Å². The van der Waals surface area contributed by atoms with E-state index >= 15 is 4.39 Å². The summed E-state index contributed by atoms with van der Waals surface area (Å²) in [4.78, 5) is 35.1. The minimum Gasteiger partial charge on any atom is -0.508 e. The molecule has 2 aliphatic heterocycles. The van der Waals surface area contributed by atoms with Gasteiger partial charge in [0.2, 0.25) is 0 Å². The average Bonchev–Trinajstić information content (AvgIpc) is 3.71. The maximum atomic E-state index is 15.2. The Kier molecular flexibility index (Phi) is 9.72. The fourth-order valence-electron chi connectivity index (χ4n) is 7.17. The number of aromatic hydroxyl groups is 1. The zero-order chi connectivity index (χ0) is 35.6. The lowest BCUT2D eigenvalue weighted by atomic mass is 9.92. The number of fused-ring (bicyclic) bond motifs is 1. The highest BCUT2D eigenvalue weighted by atomic mass is 19.1. The lowest BCUT2D eigenvalue weighted by molar-refractivity contribution is 0.0193. The Morgan fingerprint density at radius 2 is 1.73 bits per heavy atom. The van der Waals surface area contributed by atoms with Crippen LogP contribution in [0, 0.1) is 5.82 Å². The molecule has 1 fully saturated rings. The molecule has 0 spiro atoms. The normalized spacial score (nSPS) is 16.2. The Morgan fingerprint density at radius 1 is 0.980 bits per heavy atom. The Bertz CT molecular complexity index is 2050. The van der Waals surface area contributed by atoms with Crippen molar-refractivity contribution in [1.29, 1.82) is 0 Å². The molecule has 0 saturated carbocycles. The number of anilines is 2. The van der Waals surface area contributed by atoms with Crippen LogP contribution in [0.15, 0.2) is 85.2 Å². The first-order valence-corrected chi connectivity index (χ1v) is 17.0. The molecule has 12 heteroatoms. The molecule has 4 heterocycles. The highest BCUT2D eigenvalue weighted by Crippen LogP contribution is 2.35.